The van der Waals surface area contributed by atoms with Gasteiger partial charge in [0, 0.05) is 24.0 Å². The number of hydrogen-bond donors (Lipinski definition) is 1. The Kier molecular flexibility index (Phi) is 4.08. The van der Waals surface area contributed by atoms with Crippen molar-refractivity contribution in [2.75, 3.05) is 6.61 Å². The number of aromatic amines is 1. The summed E-state index contributed by atoms with van der Waals surface area (Å²) >= 11 is 0. The molecule has 0 spiro atoms. The number of H-pyrrole nitrogens is 1. The number of nitrogens with one attached hydrogen (secondary N) is 1. The Labute approximate surface area is 142 Å². The second kappa shape index (κ2) is 6.38. The summed E-state index contributed by atoms with van der Waals surface area (Å²) in [6, 6.07) is 17.8. The van der Waals surface area contributed by atoms with E-state index in [1.807, 2.05) is 6.20 Å². The molecule has 3 aromatic rings. The van der Waals surface area contributed by atoms with E-state index >= 15 is 0 Å². The van der Waals surface area contributed by atoms with Crippen molar-refractivity contribution in [3.63, 3.8) is 0 Å². The first kappa shape index (κ1) is 15.4. The summed E-state index contributed by atoms with van der Waals surface area (Å²) in [5.74, 6) is 0. The van der Waals surface area contributed by atoms with Gasteiger partial charge in [0.1, 0.15) is 0 Å². The molecule has 3 unspecified atom stereocenters. The van der Waals surface area contributed by atoms with Crippen LogP contribution >= 0.6 is 0 Å². The first-order chi connectivity index (χ1) is 11.7. The van der Waals surface area contributed by atoms with Crippen LogP contribution in [0.15, 0.2) is 54.7 Å². The molecule has 0 saturated carbocycles. The maximum Gasteiger partial charge on any atom is 0.0978 e. The monoisotopic (exact) mass is 321 g/mol. The van der Waals surface area contributed by atoms with Crippen LogP contribution in [0.1, 0.15) is 31.1 Å². The molecule has 1 aromatic heterocycles. The van der Waals surface area contributed by atoms with E-state index < -0.39 is 0 Å². The minimum absolute atomic E-state index is 0.123. The molecular formula is C20H23N3O. The van der Waals surface area contributed by atoms with E-state index in [4.69, 9.17) is 4.74 Å². The molecule has 0 radical (unpaired) electrons. The van der Waals surface area contributed by atoms with Crippen LogP contribution in [0.4, 0.5) is 0 Å². The highest BCUT2D eigenvalue weighted by Crippen LogP contribution is 2.32. The molecule has 4 rings (SSSR count). The van der Waals surface area contributed by atoms with Crippen molar-refractivity contribution in [1.82, 2.24) is 15.1 Å². The summed E-state index contributed by atoms with van der Waals surface area (Å²) in [4.78, 5) is 2.54. The third-order valence-corrected chi connectivity index (χ3v) is 5.04. The van der Waals surface area contributed by atoms with Gasteiger partial charge in [0.25, 0.3) is 0 Å². The van der Waals surface area contributed by atoms with Crippen LogP contribution in [-0.4, -0.2) is 33.8 Å². The van der Waals surface area contributed by atoms with Crippen LogP contribution in [0.25, 0.3) is 10.9 Å². The van der Waals surface area contributed by atoms with Gasteiger partial charge in [-0.2, -0.15) is 5.10 Å². The zero-order valence-corrected chi connectivity index (χ0v) is 14.1. The average molecular weight is 321 g/mol. The molecule has 2 heterocycles. The van der Waals surface area contributed by atoms with Gasteiger partial charge in [0.15, 0.2) is 0 Å². The minimum Gasteiger partial charge on any atom is -0.370 e. The molecule has 1 aliphatic heterocycles. The van der Waals surface area contributed by atoms with Crippen molar-refractivity contribution >= 4 is 10.9 Å². The van der Waals surface area contributed by atoms with Crippen LogP contribution in [0.3, 0.4) is 0 Å². The van der Waals surface area contributed by atoms with Crippen molar-refractivity contribution in [2.45, 2.75) is 38.6 Å². The van der Waals surface area contributed by atoms with E-state index in [0.29, 0.717) is 12.1 Å². The van der Waals surface area contributed by atoms with E-state index in [1.54, 1.807) is 0 Å². The zero-order valence-electron chi connectivity index (χ0n) is 14.1. The molecule has 4 nitrogen and oxygen atoms in total. The standard InChI is InChI=1S/C20H23N3O/c1-14-13-24-20(17-6-4-3-5-7-17)15(2)23(14)12-16-8-9-18-11-21-22-19(18)10-16/h3-11,14-15,20H,12-13H2,1-2H3,(H,21,22). The molecule has 1 aliphatic rings. The lowest BCUT2D eigenvalue weighted by atomic mass is 9.98. The van der Waals surface area contributed by atoms with Gasteiger partial charge >= 0.3 is 0 Å². The first-order valence-electron chi connectivity index (χ1n) is 8.56. The molecule has 124 valence electrons. The van der Waals surface area contributed by atoms with Gasteiger partial charge in [-0.05, 0) is 31.0 Å². The number of hydrogen-bond acceptors (Lipinski definition) is 3. The molecule has 2 aromatic carbocycles. The number of morpholine rings is 1. The van der Waals surface area contributed by atoms with Crippen LogP contribution in [0, 0.1) is 0 Å². The number of ether oxygens (including phenoxy) is 1. The van der Waals surface area contributed by atoms with Crippen molar-refractivity contribution in [3.8, 4) is 0 Å². The molecule has 4 heteroatoms. The van der Waals surface area contributed by atoms with Gasteiger partial charge in [-0.1, -0.05) is 42.5 Å². The minimum atomic E-state index is 0.123. The predicted molar refractivity (Wildman–Crippen MR) is 95.7 cm³/mol. The largest absolute Gasteiger partial charge is 0.370 e. The van der Waals surface area contributed by atoms with Crippen LogP contribution < -0.4 is 0 Å². The lowest BCUT2D eigenvalue weighted by Crippen LogP contribution is -2.50. The van der Waals surface area contributed by atoms with E-state index in [0.717, 1.165) is 24.1 Å². The highest BCUT2D eigenvalue weighted by atomic mass is 16.5. The van der Waals surface area contributed by atoms with E-state index in [-0.39, 0.29) is 6.10 Å². The molecule has 1 saturated heterocycles. The van der Waals surface area contributed by atoms with Crippen LogP contribution in [0.2, 0.25) is 0 Å². The Morgan fingerprint density at radius 1 is 1.17 bits per heavy atom. The Morgan fingerprint density at radius 2 is 2.00 bits per heavy atom. The zero-order chi connectivity index (χ0) is 16.5. The fraction of sp³-hybridized carbons (Fsp3) is 0.350. The molecule has 0 amide bonds. The molecule has 0 aliphatic carbocycles. The van der Waals surface area contributed by atoms with Gasteiger partial charge in [-0.3, -0.25) is 10.00 Å². The Morgan fingerprint density at radius 3 is 2.83 bits per heavy atom. The summed E-state index contributed by atoms with van der Waals surface area (Å²) in [5, 5.41) is 8.33. The predicted octanol–water partition coefficient (Wildman–Crippen LogP) is 3.91. The third kappa shape index (κ3) is 2.83. The fourth-order valence-electron chi connectivity index (χ4n) is 3.66. The fourth-order valence-corrected chi connectivity index (χ4v) is 3.66. The number of nitrogens with zero attached hydrogens (tertiary/aromatic N) is 2. The van der Waals surface area contributed by atoms with Crippen molar-refractivity contribution in [1.29, 1.82) is 0 Å². The lowest BCUT2D eigenvalue weighted by Gasteiger charge is -2.44. The van der Waals surface area contributed by atoms with Gasteiger partial charge in [0.05, 0.1) is 24.4 Å². The van der Waals surface area contributed by atoms with Gasteiger partial charge in [-0.15, -0.1) is 0 Å². The Hall–Kier alpha value is -2.17. The SMILES string of the molecule is CC1COC(c2ccccc2)C(C)N1Cc1ccc2cn[nH]c2c1. The molecule has 1 N–H and O–H groups in total. The van der Waals surface area contributed by atoms with Gasteiger partial charge in [0.2, 0.25) is 0 Å². The second-order valence-electron chi connectivity index (χ2n) is 6.72. The van der Waals surface area contributed by atoms with E-state index in [9.17, 15) is 0 Å². The summed E-state index contributed by atoms with van der Waals surface area (Å²) < 4.78 is 6.16. The summed E-state index contributed by atoms with van der Waals surface area (Å²) in [7, 11) is 0. The average Bonchev–Trinajstić information content (AvgIpc) is 3.07. The summed E-state index contributed by atoms with van der Waals surface area (Å²) in [6.45, 7) is 6.19. The normalized spacial score (nSPS) is 25.2. The van der Waals surface area contributed by atoms with Crippen LogP contribution in [-0.2, 0) is 11.3 Å². The molecule has 24 heavy (non-hydrogen) atoms. The topological polar surface area (TPSA) is 41.1 Å². The van der Waals surface area contributed by atoms with Crippen LogP contribution in [0.5, 0.6) is 0 Å². The highest BCUT2D eigenvalue weighted by molar-refractivity contribution is 5.78. The Bertz CT molecular complexity index is 814. The number of rotatable bonds is 3. The highest BCUT2D eigenvalue weighted by Gasteiger charge is 2.34. The maximum absolute atomic E-state index is 6.16. The maximum atomic E-state index is 6.16. The summed E-state index contributed by atoms with van der Waals surface area (Å²) in [6.07, 6.45) is 1.99. The van der Waals surface area contributed by atoms with E-state index in [2.05, 4.69) is 77.5 Å². The number of fused-ring (bicyclic) bond motifs is 1. The number of aromatic nitrogens is 2. The smallest absolute Gasteiger partial charge is 0.0978 e. The van der Waals surface area contributed by atoms with Crippen molar-refractivity contribution in [2.24, 2.45) is 0 Å². The van der Waals surface area contributed by atoms with Crippen molar-refractivity contribution in [3.05, 3.63) is 65.9 Å². The van der Waals surface area contributed by atoms with Crippen molar-refractivity contribution < 1.29 is 4.74 Å². The third-order valence-electron chi connectivity index (χ3n) is 5.04. The molecule has 1 fully saturated rings. The van der Waals surface area contributed by atoms with Gasteiger partial charge < -0.3 is 4.74 Å². The summed E-state index contributed by atoms with van der Waals surface area (Å²) in [5.41, 5.74) is 3.66. The molecule has 0 bridgehead atoms. The first-order valence-corrected chi connectivity index (χ1v) is 8.56. The molecular weight excluding hydrogens is 298 g/mol. The van der Waals surface area contributed by atoms with Gasteiger partial charge in [-0.25, -0.2) is 0 Å². The second-order valence-corrected chi connectivity index (χ2v) is 6.72. The number of benzene rings is 2. The lowest BCUT2D eigenvalue weighted by molar-refractivity contribution is -0.0993. The van der Waals surface area contributed by atoms with E-state index in [1.165, 1.54) is 11.1 Å². The quantitative estimate of drug-likeness (QED) is 0.795. The Balaban J connectivity index is 1.58. The molecule has 3 atom stereocenters.